The van der Waals surface area contributed by atoms with Gasteiger partial charge in [0, 0.05) is 22.5 Å². The van der Waals surface area contributed by atoms with Crippen LogP contribution in [0.5, 0.6) is 0 Å². The minimum absolute atomic E-state index is 0.168. The van der Waals surface area contributed by atoms with Crippen molar-refractivity contribution in [3.63, 3.8) is 0 Å². The van der Waals surface area contributed by atoms with Crippen LogP contribution in [0.2, 0.25) is 0 Å². The van der Waals surface area contributed by atoms with Crippen molar-refractivity contribution in [3.05, 3.63) is 99.4 Å². The minimum atomic E-state index is -4.59. The zero-order valence-electron chi connectivity index (χ0n) is 20.0. The van der Waals surface area contributed by atoms with Gasteiger partial charge in [-0.25, -0.2) is 4.68 Å². The standard InChI is InChI=1S/C27H23F3N4O2S/c1-3-33-25-21(16(2)32-34(25)19-11-5-4-6-12-19)22(20-13-8-14-37-20)23(26(33)36)31-24(35)17-9-7-10-18(15-17)27(28,29)30/h4-15,22-23H,3H2,1-2H3,(H,31,35)/t22-,23-/m0/s1. The zero-order chi connectivity index (χ0) is 26.3. The third kappa shape index (κ3) is 4.42. The molecule has 2 amide bonds. The molecule has 10 heteroatoms. The molecule has 1 aliphatic heterocycles. The average Bonchev–Trinajstić information content (AvgIpc) is 3.53. The predicted octanol–water partition coefficient (Wildman–Crippen LogP) is 5.56. The lowest BCUT2D eigenvalue weighted by Crippen LogP contribution is -2.55. The summed E-state index contributed by atoms with van der Waals surface area (Å²) in [6, 6.07) is 16.4. The molecule has 0 saturated carbocycles. The van der Waals surface area contributed by atoms with Crippen molar-refractivity contribution in [2.24, 2.45) is 0 Å². The maximum absolute atomic E-state index is 13.9. The summed E-state index contributed by atoms with van der Waals surface area (Å²) in [5, 5.41) is 9.39. The number of halogens is 3. The highest BCUT2D eigenvalue weighted by Crippen LogP contribution is 2.44. The van der Waals surface area contributed by atoms with E-state index in [9.17, 15) is 22.8 Å². The fraction of sp³-hybridized carbons (Fsp3) is 0.222. The Morgan fingerprint density at radius 1 is 1.08 bits per heavy atom. The molecule has 1 aliphatic rings. The first-order valence-electron chi connectivity index (χ1n) is 11.7. The molecular weight excluding hydrogens is 501 g/mol. The Labute approximate surface area is 215 Å². The number of nitrogens with one attached hydrogen (secondary N) is 1. The van der Waals surface area contributed by atoms with Crippen LogP contribution in [0.25, 0.3) is 5.69 Å². The van der Waals surface area contributed by atoms with Crippen LogP contribution in [-0.2, 0) is 11.0 Å². The van der Waals surface area contributed by atoms with E-state index in [1.807, 2.05) is 61.7 Å². The van der Waals surface area contributed by atoms with E-state index in [1.54, 1.807) is 9.58 Å². The summed E-state index contributed by atoms with van der Waals surface area (Å²) in [5.41, 5.74) is 1.18. The van der Waals surface area contributed by atoms with Gasteiger partial charge in [-0.3, -0.25) is 14.5 Å². The zero-order valence-corrected chi connectivity index (χ0v) is 20.8. The lowest BCUT2D eigenvalue weighted by atomic mass is 9.85. The van der Waals surface area contributed by atoms with E-state index in [0.29, 0.717) is 18.1 Å². The molecule has 0 radical (unpaired) electrons. The van der Waals surface area contributed by atoms with E-state index in [1.165, 1.54) is 23.5 Å². The molecule has 0 fully saturated rings. The molecule has 2 aromatic heterocycles. The number of carbonyl (C=O) groups excluding carboxylic acids is 2. The second-order valence-electron chi connectivity index (χ2n) is 8.68. The summed E-state index contributed by atoms with van der Waals surface area (Å²) in [6.45, 7) is 4.00. The first kappa shape index (κ1) is 24.8. The molecule has 4 aromatic rings. The maximum Gasteiger partial charge on any atom is 0.416 e. The van der Waals surface area contributed by atoms with E-state index in [0.717, 1.165) is 28.3 Å². The van der Waals surface area contributed by atoms with Gasteiger partial charge >= 0.3 is 6.18 Å². The van der Waals surface area contributed by atoms with Gasteiger partial charge in [0.25, 0.3) is 11.8 Å². The van der Waals surface area contributed by atoms with Crippen LogP contribution in [0.4, 0.5) is 19.0 Å². The van der Waals surface area contributed by atoms with Crippen molar-refractivity contribution in [3.8, 4) is 5.69 Å². The number of likely N-dealkylation sites (N-methyl/N-ethyl adjacent to an activating group) is 1. The molecule has 2 atom stereocenters. The maximum atomic E-state index is 13.9. The van der Waals surface area contributed by atoms with Crippen molar-refractivity contribution < 1.29 is 22.8 Å². The number of aromatic nitrogens is 2. The summed E-state index contributed by atoms with van der Waals surface area (Å²) in [6.07, 6.45) is -4.59. The smallest absolute Gasteiger partial charge is 0.339 e. The van der Waals surface area contributed by atoms with Crippen LogP contribution in [0.3, 0.4) is 0 Å². The lowest BCUT2D eigenvalue weighted by Gasteiger charge is -2.38. The molecule has 0 spiro atoms. The van der Waals surface area contributed by atoms with Crippen LogP contribution in [0.1, 0.15) is 44.9 Å². The minimum Gasteiger partial charge on any atom is -0.339 e. The number of aryl methyl sites for hydroxylation is 1. The Hall–Kier alpha value is -3.92. The summed E-state index contributed by atoms with van der Waals surface area (Å²) >= 11 is 1.44. The van der Waals surface area contributed by atoms with Crippen molar-refractivity contribution in [2.75, 3.05) is 11.4 Å². The normalized spacial score (nSPS) is 17.5. The molecule has 2 aromatic carbocycles. The van der Waals surface area contributed by atoms with Gasteiger partial charge in [-0.1, -0.05) is 30.3 Å². The highest BCUT2D eigenvalue weighted by atomic mass is 32.1. The first-order valence-corrected chi connectivity index (χ1v) is 12.6. The number of amides is 2. The van der Waals surface area contributed by atoms with Crippen molar-refractivity contribution >= 4 is 29.0 Å². The summed E-state index contributed by atoms with van der Waals surface area (Å²) < 4.78 is 41.5. The largest absolute Gasteiger partial charge is 0.416 e. The average molecular weight is 525 g/mol. The molecule has 5 rings (SSSR count). The van der Waals surface area contributed by atoms with Crippen LogP contribution in [-0.4, -0.2) is 34.2 Å². The van der Waals surface area contributed by atoms with Crippen molar-refractivity contribution in [2.45, 2.75) is 32.0 Å². The number of alkyl halides is 3. The van der Waals surface area contributed by atoms with Gasteiger partial charge in [0.1, 0.15) is 11.9 Å². The van der Waals surface area contributed by atoms with E-state index in [-0.39, 0.29) is 11.5 Å². The SMILES string of the molecule is CCN1C(=O)[C@@H](NC(=O)c2cccc(C(F)(F)F)c2)[C@@H](c2cccs2)c2c(C)nn(-c3ccccc3)c21. The number of hydrogen-bond acceptors (Lipinski definition) is 4. The Balaban J connectivity index is 1.62. The van der Waals surface area contributed by atoms with Crippen molar-refractivity contribution in [1.29, 1.82) is 0 Å². The highest BCUT2D eigenvalue weighted by Gasteiger charge is 2.46. The summed E-state index contributed by atoms with van der Waals surface area (Å²) in [5.74, 6) is -1.04. The van der Waals surface area contributed by atoms with Gasteiger partial charge < -0.3 is 5.32 Å². The number of carbonyl (C=O) groups is 2. The van der Waals surface area contributed by atoms with E-state index in [2.05, 4.69) is 5.32 Å². The quantitative estimate of drug-likeness (QED) is 0.372. The van der Waals surface area contributed by atoms with Gasteiger partial charge in [-0.2, -0.15) is 18.3 Å². The molecule has 0 aliphatic carbocycles. The molecule has 190 valence electrons. The van der Waals surface area contributed by atoms with E-state index >= 15 is 0 Å². The second-order valence-corrected chi connectivity index (χ2v) is 9.65. The highest BCUT2D eigenvalue weighted by molar-refractivity contribution is 7.10. The van der Waals surface area contributed by atoms with Gasteiger partial charge in [0.2, 0.25) is 0 Å². The van der Waals surface area contributed by atoms with Gasteiger partial charge in [-0.05, 0) is 55.6 Å². The molecule has 0 unspecified atom stereocenters. The van der Waals surface area contributed by atoms with Gasteiger partial charge in [0.05, 0.1) is 22.9 Å². The number of thiophene rings is 1. The number of nitrogens with zero attached hydrogens (tertiary/aromatic N) is 3. The number of hydrogen-bond donors (Lipinski definition) is 1. The summed E-state index contributed by atoms with van der Waals surface area (Å²) in [4.78, 5) is 29.5. The Morgan fingerprint density at radius 3 is 2.49 bits per heavy atom. The van der Waals surface area contributed by atoms with Crippen molar-refractivity contribution in [1.82, 2.24) is 15.1 Å². The molecule has 1 N–H and O–H groups in total. The predicted molar refractivity (Wildman–Crippen MR) is 135 cm³/mol. The topological polar surface area (TPSA) is 67.2 Å². The molecule has 0 bridgehead atoms. The number of para-hydroxylation sites is 1. The molecular formula is C27H23F3N4O2S. The Bertz CT molecular complexity index is 1450. The van der Waals surface area contributed by atoms with Crippen LogP contribution in [0.15, 0.2) is 72.1 Å². The van der Waals surface area contributed by atoms with Crippen LogP contribution < -0.4 is 10.2 Å². The Kier molecular flexibility index (Phi) is 6.36. The Morgan fingerprint density at radius 2 is 1.84 bits per heavy atom. The van der Waals surface area contributed by atoms with E-state index in [4.69, 9.17) is 5.10 Å². The molecule has 6 nitrogen and oxygen atoms in total. The first-order chi connectivity index (χ1) is 17.7. The van der Waals surface area contributed by atoms with Crippen LogP contribution in [0, 0.1) is 6.92 Å². The number of anilines is 1. The second kappa shape index (κ2) is 9.51. The number of benzene rings is 2. The number of fused-ring (bicyclic) bond motifs is 1. The molecule has 0 saturated heterocycles. The van der Waals surface area contributed by atoms with Gasteiger partial charge in [0.15, 0.2) is 0 Å². The van der Waals surface area contributed by atoms with Crippen LogP contribution >= 0.6 is 11.3 Å². The fourth-order valence-corrected chi connectivity index (χ4v) is 5.64. The monoisotopic (exact) mass is 524 g/mol. The van der Waals surface area contributed by atoms with Gasteiger partial charge in [-0.15, -0.1) is 11.3 Å². The third-order valence-corrected chi connectivity index (χ3v) is 7.37. The molecule has 3 heterocycles. The van der Waals surface area contributed by atoms with E-state index < -0.39 is 29.6 Å². The number of rotatable bonds is 5. The fourth-order valence-electron chi connectivity index (χ4n) is 4.77. The summed E-state index contributed by atoms with van der Waals surface area (Å²) in [7, 11) is 0. The lowest BCUT2D eigenvalue weighted by molar-refractivity contribution is -0.137. The molecule has 37 heavy (non-hydrogen) atoms. The third-order valence-electron chi connectivity index (χ3n) is 6.42.